The lowest BCUT2D eigenvalue weighted by atomic mass is 10.1. The van der Waals surface area contributed by atoms with E-state index < -0.39 is 0 Å². The molecule has 5 nitrogen and oxygen atoms in total. The molecule has 0 aliphatic rings. The van der Waals surface area contributed by atoms with E-state index in [0.717, 1.165) is 25.1 Å². The molecule has 5 heteroatoms. The van der Waals surface area contributed by atoms with Crippen LogP contribution in [-0.2, 0) is 6.42 Å². The quantitative estimate of drug-likeness (QED) is 0.814. The molecule has 0 fully saturated rings. The van der Waals surface area contributed by atoms with E-state index in [4.69, 9.17) is 4.74 Å². The van der Waals surface area contributed by atoms with Crippen molar-refractivity contribution < 1.29 is 4.74 Å². The Bertz CT molecular complexity index is 586. The topological polar surface area (TPSA) is 59.1 Å². The van der Waals surface area contributed by atoms with Gasteiger partial charge in [-0.2, -0.15) is 0 Å². The molecule has 0 atom stereocenters. The molecule has 0 aliphatic heterocycles. The molecular weight excluding hydrogens is 264 g/mol. The van der Waals surface area contributed by atoms with Gasteiger partial charge in [0.1, 0.15) is 6.33 Å². The third-order valence-corrected chi connectivity index (χ3v) is 3.20. The van der Waals surface area contributed by atoms with E-state index in [1.54, 1.807) is 7.11 Å². The minimum atomic E-state index is 0.636. The second kappa shape index (κ2) is 7.47. The van der Waals surface area contributed by atoms with Gasteiger partial charge in [-0.3, -0.25) is 0 Å². The molecule has 1 heterocycles. The average Bonchev–Trinajstić information content (AvgIpc) is 2.53. The largest absolute Gasteiger partial charge is 0.490 e. The van der Waals surface area contributed by atoms with Crippen LogP contribution in [0.15, 0.2) is 30.6 Å². The summed E-state index contributed by atoms with van der Waals surface area (Å²) in [4.78, 5) is 8.55. The van der Waals surface area contributed by atoms with Crippen LogP contribution in [0.3, 0.4) is 0 Å². The van der Waals surface area contributed by atoms with E-state index in [9.17, 15) is 0 Å². The number of rotatable bonds is 7. The first-order valence-electron chi connectivity index (χ1n) is 7.27. The summed E-state index contributed by atoms with van der Waals surface area (Å²) < 4.78 is 5.47. The van der Waals surface area contributed by atoms with Gasteiger partial charge >= 0.3 is 0 Å². The van der Waals surface area contributed by atoms with E-state index >= 15 is 0 Å². The average molecular weight is 286 g/mol. The van der Waals surface area contributed by atoms with Gasteiger partial charge < -0.3 is 15.4 Å². The molecule has 2 aromatic rings. The highest BCUT2D eigenvalue weighted by atomic mass is 16.5. The van der Waals surface area contributed by atoms with E-state index in [0.29, 0.717) is 17.4 Å². The van der Waals surface area contributed by atoms with Crippen LogP contribution >= 0.6 is 0 Å². The fourth-order valence-corrected chi connectivity index (χ4v) is 2.10. The van der Waals surface area contributed by atoms with Gasteiger partial charge in [-0.1, -0.05) is 32.0 Å². The highest BCUT2D eigenvalue weighted by Crippen LogP contribution is 2.32. The Morgan fingerprint density at radius 1 is 1.10 bits per heavy atom. The minimum absolute atomic E-state index is 0.636. The van der Waals surface area contributed by atoms with Crippen molar-refractivity contribution in [1.29, 1.82) is 0 Å². The zero-order valence-electron chi connectivity index (χ0n) is 12.8. The number of anilines is 3. The third-order valence-electron chi connectivity index (χ3n) is 3.20. The number of benzene rings is 1. The molecule has 112 valence electrons. The predicted molar refractivity (Wildman–Crippen MR) is 86.5 cm³/mol. The molecule has 1 aromatic carbocycles. The Balaban J connectivity index is 2.31. The van der Waals surface area contributed by atoms with Crippen LogP contribution in [0.4, 0.5) is 17.3 Å². The zero-order valence-corrected chi connectivity index (χ0v) is 12.8. The summed E-state index contributed by atoms with van der Waals surface area (Å²) in [5.74, 6) is 2.02. The van der Waals surface area contributed by atoms with E-state index in [-0.39, 0.29) is 0 Å². The highest BCUT2D eigenvalue weighted by molar-refractivity contribution is 5.70. The lowest BCUT2D eigenvalue weighted by Gasteiger charge is -2.15. The molecule has 0 radical (unpaired) electrons. The Labute approximate surface area is 125 Å². The number of hydrogen-bond acceptors (Lipinski definition) is 5. The number of methoxy groups -OCH3 is 1. The van der Waals surface area contributed by atoms with E-state index in [1.165, 1.54) is 11.9 Å². The summed E-state index contributed by atoms with van der Waals surface area (Å²) in [6, 6.07) is 8.19. The van der Waals surface area contributed by atoms with Crippen LogP contribution in [-0.4, -0.2) is 23.6 Å². The SMILES string of the molecule is CCCNc1ncnc(Nc2ccccc2CC)c1OC. The van der Waals surface area contributed by atoms with Crippen molar-refractivity contribution in [3.05, 3.63) is 36.2 Å². The zero-order chi connectivity index (χ0) is 15.1. The van der Waals surface area contributed by atoms with Gasteiger partial charge in [0.2, 0.25) is 5.75 Å². The summed E-state index contributed by atoms with van der Waals surface area (Å²) >= 11 is 0. The predicted octanol–water partition coefficient (Wildman–Crippen LogP) is 3.61. The fraction of sp³-hybridized carbons (Fsp3) is 0.375. The molecular formula is C16H22N4O. The summed E-state index contributed by atoms with van der Waals surface area (Å²) in [5.41, 5.74) is 2.28. The van der Waals surface area contributed by atoms with Crippen LogP contribution in [0.25, 0.3) is 0 Å². The van der Waals surface area contributed by atoms with E-state index in [1.807, 2.05) is 18.2 Å². The third kappa shape index (κ3) is 3.62. The maximum atomic E-state index is 5.47. The number of aryl methyl sites for hydroxylation is 1. The van der Waals surface area contributed by atoms with Crippen molar-refractivity contribution in [3.63, 3.8) is 0 Å². The number of aromatic nitrogens is 2. The smallest absolute Gasteiger partial charge is 0.204 e. The van der Waals surface area contributed by atoms with Gasteiger partial charge in [-0.05, 0) is 24.5 Å². The first kappa shape index (κ1) is 15.1. The summed E-state index contributed by atoms with van der Waals surface area (Å²) in [6.07, 6.45) is 3.52. The fourth-order valence-electron chi connectivity index (χ4n) is 2.10. The van der Waals surface area contributed by atoms with Crippen molar-refractivity contribution in [3.8, 4) is 5.75 Å². The maximum absolute atomic E-state index is 5.47. The summed E-state index contributed by atoms with van der Waals surface area (Å²) in [7, 11) is 1.63. The number of nitrogens with zero attached hydrogens (tertiary/aromatic N) is 2. The lowest BCUT2D eigenvalue weighted by molar-refractivity contribution is 0.415. The number of nitrogens with one attached hydrogen (secondary N) is 2. The number of ether oxygens (including phenoxy) is 1. The van der Waals surface area contributed by atoms with Gasteiger partial charge in [0.15, 0.2) is 11.6 Å². The standard InChI is InChI=1S/C16H22N4O/c1-4-10-17-15-14(21-3)16(19-11-18-15)20-13-9-7-6-8-12(13)5-2/h6-9,11H,4-5,10H2,1-3H3,(H2,17,18,19,20). The van der Waals surface area contributed by atoms with Crippen LogP contribution in [0.2, 0.25) is 0 Å². The Kier molecular flexibility index (Phi) is 5.37. The van der Waals surface area contributed by atoms with Gasteiger partial charge in [0.05, 0.1) is 7.11 Å². The molecule has 0 bridgehead atoms. The van der Waals surface area contributed by atoms with Gasteiger partial charge in [-0.15, -0.1) is 0 Å². The van der Waals surface area contributed by atoms with Crippen molar-refractivity contribution in [2.75, 3.05) is 24.3 Å². The lowest BCUT2D eigenvalue weighted by Crippen LogP contribution is -2.07. The van der Waals surface area contributed by atoms with Gasteiger partial charge in [-0.25, -0.2) is 9.97 Å². The molecule has 0 aliphatic carbocycles. The highest BCUT2D eigenvalue weighted by Gasteiger charge is 2.12. The molecule has 0 saturated heterocycles. The molecule has 2 N–H and O–H groups in total. The molecule has 0 saturated carbocycles. The first-order chi connectivity index (χ1) is 10.3. The molecule has 0 amide bonds. The molecule has 21 heavy (non-hydrogen) atoms. The normalized spacial score (nSPS) is 10.2. The minimum Gasteiger partial charge on any atom is -0.490 e. The Morgan fingerprint density at radius 2 is 1.86 bits per heavy atom. The van der Waals surface area contributed by atoms with Crippen LogP contribution < -0.4 is 15.4 Å². The van der Waals surface area contributed by atoms with Crippen molar-refractivity contribution in [1.82, 2.24) is 9.97 Å². The molecule has 1 aromatic heterocycles. The number of hydrogen-bond donors (Lipinski definition) is 2. The van der Waals surface area contributed by atoms with Crippen LogP contribution in [0.1, 0.15) is 25.8 Å². The van der Waals surface area contributed by atoms with Crippen LogP contribution in [0.5, 0.6) is 5.75 Å². The Hall–Kier alpha value is -2.30. The maximum Gasteiger partial charge on any atom is 0.204 e. The number of para-hydroxylation sites is 1. The van der Waals surface area contributed by atoms with Crippen LogP contribution in [0, 0.1) is 0 Å². The molecule has 2 rings (SSSR count). The molecule has 0 unspecified atom stereocenters. The second-order valence-electron chi connectivity index (χ2n) is 4.67. The Morgan fingerprint density at radius 3 is 2.57 bits per heavy atom. The van der Waals surface area contributed by atoms with Crippen molar-refractivity contribution >= 4 is 17.3 Å². The summed E-state index contributed by atoms with van der Waals surface area (Å²) in [6.45, 7) is 5.08. The first-order valence-corrected chi connectivity index (χ1v) is 7.27. The summed E-state index contributed by atoms with van der Waals surface area (Å²) in [5, 5.41) is 6.60. The van der Waals surface area contributed by atoms with E-state index in [2.05, 4.69) is 40.5 Å². The second-order valence-corrected chi connectivity index (χ2v) is 4.67. The van der Waals surface area contributed by atoms with Gasteiger partial charge in [0.25, 0.3) is 0 Å². The van der Waals surface area contributed by atoms with Crippen molar-refractivity contribution in [2.24, 2.45) is 0 Å². The van der Waals surface area contributed by atoms with Crippen molar-refractivity contribution in [2.45, 2.75) is 26.7 Å². The molecule has 0 spiro atoms. The van der Waals surface area contributed by atoms with Gasteiger partial charge in [0, 0.05) is 12.2 Å². The monoisotopic (exact) mass is 286 g/mol.